The highest BCUT2D eigenvalue weighted by atomic mass is 32.2. The molecule has 6 nitrogen and oxygen atoms in total. The summed E-state index contributed by atoms with van der Waals surface area (Å²) >= 11 is 0. The van der Waals surface area contributed by atoms with Gasteiger partial charge < -0.3 is 10.6 Å². The van der Waals surface area contributed by atoms with Crippen LogP contribution in [-0.4, -0.2) is 36.9 Å². The Hall–Kier alpha value is -2.41. The number of nitrogens with zero attached hydrogens (tertiary/aromatic N) is 1. The lowest BCUT2D eigenvalue weighted by Gasteiger charge is -2.13. The van der Waals surface area contributed by atoms with Gasteiger partial charge in [-0.1, -0.05) is 29.8 Å². The number of carbonyl (C=O) groups excluding carboxylic acids is 1. The number of benzene rings is 1. The Morgan fingerprint density at radius 3 is 2.84 bits per heavy atom. The number of anilines is 1. The van der Waals surface area contributed by atoms with E-state index in [9.17, 15) is 13.2 Å². The second-order valence-corrected chi connectivity index (χ2v) is 8.57. The maximum Gasteiger partial charge on any atom is 0.270 e. The lowest BCUT2D eigenvalue weighted by Crippen LogP contribution is -2.25. The fraction of sp³-hybridized carbons (Fsp3) is 0.333. The van der Waals surface area contributed by atoms with Crippen molar-refractivity contribution in [2.24, 2.45) is 0 Å². The van der Waals surface area contributed by atoms with Crippen molar-refractivity contribution in [3.05, 3.63) is 59.4 Å². The van der Waals surface area contributed by atoms with Gasteiger partial charge in [0.2, 0.25) is 0 Å². The van der Waals surface area contributed by atoms with Gasteiger partial charge >= 0.3 is 0 Å². The van der Waals surface area contributed by atoms with Crippen LogP contribution in [0.1, 0.15) is 28.0 Å². The van der Waals surface area contributed by atoms with Crippen molar-refractivity contribution in [3.63, 3.8) is 0 Å². The molecule has 0 saturated carbocycles. The molecule has 1 amide bonds. The minimum atomic E-state index is -2.94. The monoisotopic (exact) mass is 359 g/mol. The lowest BCUT2D eigenvalue weighted by atomic mass is 10.1. The number of aromatic nitrogens is 1. The van der Waals surface area contributed by atoms with Gasteiger partial charge in [0.25, 0.3) is 5.91 Å². The standard InChI is InChI=1S/C18H21N3O3S/c1-13-3-2-4-14(9-13)11-20-18(22)17-10-15(5-7-19-17)21-16-6-8-25(23,24)12-16/h2-5,7,9-10,16H,6,8,11-12H2,1H3,(H,19,21)(H,20,22). The largest absolute Gasteiger partial charge is 0.381 e. The van der Waals surface area contributed by atoms with E-state index >= 15 is 0 Å². The summed E-state index contributed by atoms with van der Waals surface area (Å²) in [5.74, 6) is 0.0771. The van der Waals surface area contributed by atoms with E-state index in [2.05, 4.69) is 15.6 Å². The smallest absolute Gasteiger partial charge is 0.270 e. The molecule has 2 heterocycles. The van der Waals surface area contributed by atoms with E-state index in [4.69, 9.17) is 0 Å². The van der Waals surface area contributed by atoms with Gasteiger partial charge in [-0.2, -0.15) is 0 Å². The molecular formula is C18H21N3O3S. The summed E-state index contributed by atoms with van der Waals surface area (Å²) in [7, 11) is -2.94. The molecule has 0 radical (unpaired) electrons. The highest BCUT2D eigenvalue weighted by Crippen LogP contribution is 2.17. The quantitative estimate of drug-likeness (QED) is 0.851. The first-order valence-corrected chi connectivity index (χ1v) is 10.0. The number of carbonyl (C=O) groups is 1. The van der Waals surface area contributed by atoms with Crippen LogP contribution in [0, 0.1) is 6.92 Å². The number of hydrogen-bond donors (Lipinski definition) is 2. The van der Waals surface area contributed by atoms with Crippen LogP contribution in [0.5, 0.6) is 0 Å². The third kappa shape index (κ3) is 4.79. The topological polar surface area (TPSA) is 88.2 Å². The van der Waals surface area contributed by atoms with Gasteiger partial charge in [-0.05, 0) is 31.0 Å². The molecule has 7 heteroatoms. The van der Waals surface area contributed by atoms with Crippen LogP contribution in [0.2, 0.25) is 0 Å². The van der Waals surface area contributed by atoms with Gasteiger partial charge in [-0.25, -0.2) is 8.42 Å². The highest BCUT2D eigenvalue weighted by molar-refractivity contribution is 7.91. The van der Waals surface area contributed by atoms with E-state index in [0.29, 0.717) is 24.3 Å². The maximum atomic E-state index is 12.3. The van der Waals surface area contributed by atoms with Gasteiger partial charge in [-0.15, -0.1) is 0 Å². The Labute approximate surface area is 147 Å². The molecule has 0 spiro atoms. The summed E-state index contributed by atoms with van der Waals surface area (Å²) in [5, 5.41) is 6.03. The first-order chi connectivity index (χ1) is 11.9. The average Bonchev–Trinajstić information content (AvgIpc) is 2.91. The van der Waals surface area contributed by atoms with E-state index in [1.165, 1.54) is 0 Å². The number of rotatable bonds is 5. The van der Waals surface area contributed by atoms with Gasteiger partial charge in [0.05, 0.1) is 11.5 Å². The summed E-state index contributed by atoms with van der Waals surface area (Å²) in [6, 6.07) is 11.2. The van der Waals surface area contributed by atoms with E-state index in [0.717, 1.165) is 11.1 Å². The number of amides is 1. The molecule has 1 aromatic heterocycles. The molecule has 0 bridgehead atoms. The molecule has 1 unspecified atom stereocenters. The molecule has 3 rings (SSSR count). The normalized spacial score (nSPS) is 18.7. The molecule has 1 aliphatic rings. The van der Waals surface area contributed by atoms with Crippen LogP contribution in [-0.2, 0) is 16.4 Å². The SMILES string of the molecule is Cc1cccc(CNC(=O)c2cc(NC3CCS(=O)(=O)C3)ccn2)c1. The second kappa shape index (κ2) is 7.23. The average molecular weight is 359 g/mol. The van der Waals surface area contributed by atoms with Crippen molar-refractivity contribution in [1.82, 2.24) is 10.3 Å². The Bertz CT molecular complexity index is 881. The molecule has 0 aliphatic carbocycles. The number of hydrogen-bond acceptors (Lipinski definition) is 5. The van der Waals surface area contributed by atoms with E-state index in [-0.39, 0.29) is 23.5 Å². The van der Waals surface area contributed by atoms with Gasteiger partial charge in [0.15, 0.2) is 9.84 Å². The van der Waals surface area contributed by atoms with Crippen LogP contribution in [0.15, 0.2) is 42.6 Å². The zero-order chi connectivity index (χ0) is 17.9. The molecule has 1 atom stereocenters. The van der Waals surface area contributed by atoms with Crippen molar-refractivity contribution in [2.75, 3.05) is 16.8 Å². The predicted octanol–water partition coefficient (Wildman–Crippen LogP) is 1.92. The van der Waals surface area contributed by atoms with Crippen molar-refractivity contribution < 1.29 is 13.2 Å². The van der Waals surface area contributed by atoms with Crippen LogP contribution >= 0.6 is 0 Å². The fourth-order valence-corrected chi connectivity index (χ4v) is 4.56. The number of aryl methyl sites for hydroxylation is 1. The third-order valence-electron chi connectivity index (χ3n) is 4.13. The first kappa shape index (κ1) is 17.4. The molecule has 1 saturated heterocycles. The zero-order valence-corrected chi connectivity index (χ0v) is 14.8. The van der Waals surface area contributed by atoms with Crippen LogP contribution in [0.4, 0.5) is 5.69 Å². The Morgan fingerprint density at radius 1 is 1.28 bits per heavy atom. The van der Waals surface area contributed by atoms with E-state index < -0.39 is 9.84 Å². The Morgan fingerprint density at radius 2 is 2.12 bits per heavy atom. The molecule has 1 fully saturated rings. The highest BCUT2D eigenvalue weighted by Gasteiger charge is 2.27. The molecule has 25 heavy (non-hydrogen) atoms. The molecule has 2 N–H and O–H groups in total. The summed E-state index contributed by atoms with van der Waals surface area (Å²) in [4.78, 5) is 16.4. The van der Waals surface area contributed by atoms with Crippen molar-refractivity contribution in [2.45, 2.75) is 25.9 Å². The number of sulfone groups is 1. The van der Waals surface area contributed by atoms with Crippen molar-refractivity contribution >= 4 is 21.4 Å². The molecule has 132 valence electrons. The van der Waals surface area contributed by atoms with Crippen LogP contribution in [0.25, 0.3) is 0 Å². The predicted molar refractivity (Wildman–Crippen MR) is 97.3 cm³/mol. The summed E-state index contributed by atoms with van der Waals surface area (Å²) in [5.41, 5.74) is 3.18. The molecule has 2 aromatic rings. The number of pyridine rings is 1. The minimum Gasteiger partial charge on any atom is -0.381 e. The van der Waals surface area contributed by atoms with Crippen molar-refractivity contribution in [1.29, 1.82) is 0 Å². The zero-order valence-electron chi connectivity index (χ0n) is 14.0. The second-order valence-electron chi connectivity index (χ2n) is 6.35. The van der Waals surface area contributed by atoms with E-state index in [1.54, 1.807) is 18.3 Å². The van der Waals surface area contributed by atoms with Crippen molar-refractivity contribution in [3.8, 4) is 0 Å². The van der Waals surface area contributed by atoms with Gasteiger partial charge in [0, 0.05) is 24.5 Å². The maximum absolute atomic E-state index is 12.3. The summed E-state index contributed by atoms with van der Waals surface area (Å²) in [6.45, 7) is 2.44. The summed E-state index contributed by atoms with van der Waals surface area (Å²) < 4.78 is 23.1. The first-order valence-electron chi connectivity index (χ1n) is 8.18. The Kier molecular flexibility index (Phi) is 5.03. The number of nitrogens with one attached hydrogen (secondary N) is 2. The molecular weight excluding hydrogens is 338 g/mol. The third-order valence-corrected chi connectivity index (χ3v) is 5.90. The van der Waals surface area contributed by atoms with Crippen LogP contribution in [0.3, 0.4) is 0 Å². The molecule has 1 aromatic carbocycles. The Balaban J connectivity index is 1.61. The lowest BCUT2D eigenvalue weighted by molar-refractivity contribution is 0.0946. The van der Waals surface area contributed by atoms with Gasteiger partial charge in [-0.3, -0.25) is 9.78 Å². The fourth-order valence-electron chi connectivity index (χ4n) is 2.88. The summed E-state index contributed by atoms with van der Waals surface area (Å²) in [6.07, 6.45) is 2.13. The molecule has 1 aliphatic heterocycles. The minimum absolute atomic E-state index is 0.115. The van der Waals surface area contributed by atoms with E-state index in [1.807, 2.05) is 31.2 Å². The van der Waals surface area contributed by atoms with Gasteiger partial charge in [0.1, 0.15) is 5.69 Å². The van der Waals surface area contributed by atoms with Crippen LogP contribution < -0.4 is 10.6 Å².